The van der Waals surface area contributed by atoms with Crippen LogP contribution in [0.25, 0.3) is 0 Å². The number of carbonyl (C=O) groups excluding carboxylic acids is 6. The van der Waals surface area contributed by atoms with Crippen LogP contribution in [0.5, 0.6) is 0 Å². The summed E-state index contributed by atoms with van der Waals surface area (Å²) < 4.78 is 30.2. The lowest BCUT2D eigenvalue weighted by molar-refractivity contribution is 0.0933. The van der Waals surface area contributed by atoms with Gasteiger partial charge < -0.3 is 68.8 Å². The molecule has 0 unspecified atom stereocenters. The van der Waals surface area contributed by atoms with Crippen molar-refractivity contribution in [3.05, 3.63) is 104 Å². The van der Waals surface area contributed by atoms with E-state index >= 15 is 0 Å². The van der Waals surface area contributed by atoms with Crippen molar-refractivity contribution in [3.63, 3.8) is 0 Å². The van der Waals surface area contributed by atoms with Gasteiger partial charge in [-0.1, -0.05) is 190 Å². The van der Waals surface area contributed by atoms with Crippen LogP contribution in [0.1, 0.15) is 299 Å². The van der Waals surface area contributed by atoms with Crippen molar-refractivity contribution >= 4 is 35.4 Å². The van der Waals surface area contributed by atoms with Crippen molar-refractivity contribution in [3.8, 4) is 0 Å². The van der Waals surface area contributed by atoms with Gasteiger partial charge in [-0.2, -0.15) is 0 Å². The molecule has 0 aliphatic rings. The van der Waals surface area contributed by atoms with E-state index < -0.39 is 0 Å². The predicted octanol–water partition coefficient (Wildman–Crippen LogP) is 13.0. The average Bonchev–Trinajstić information content (AvgIpc) is 4.30. The van der Waals surface area contributed by atoms with Gasteiger partial charge in [0.2, 0.25) is 0 Å². The maximum atomic E-state index is 11.9. The van der Waals surface area contributed by atoms with Crippen LogP contribution in [-0.4, -0.2) is 157 Å². The highest BCUT2D eigenvalue weighted by atomic mass is 16.5. The van der Waals surface area contributed by atoms with Crippen molar-refractivity contribution in [1.29, 1.82) is 0 Å². The summed E-state index contributed by atoms with van der Waals surface area (Å²) in [4.78, 5) is 74.1. The first-order valence-corrected chi connectivity index (χ1v) is 36.4. The van der Waals surface area contributed by atoms with E-state index in [2.05, 4.69) is 90.5 Å². The molecule has 6 rings (SSSR count). The van der Waals surface area contributed by atoms with E-state index in [0.717, 1.165) is 154 Å². The van der Waals surface area contributed by atoms with E-state index in [1.807, 2.05) is 100 Å². The van der Waals surface area contributed by atoms with Crippen molar-refractivity contribution in [2.75, 3.05) is 80.5 Å². The van der Waals surface area contributed by atoms with Gasteiger partial charge in [-0.3, -0.25) is 28.8 Å². The smallest absolute Gasteiger partial charge is 0.273 e. The Labute approximate surface area is 589 Å². The zero-order valence-electron chi connectivity index (χ0n) is 63.3. The molecule has 6 aromatic heterocycles. The zero-order chi connectivity index (χ0) is 73.8. The summed E-state index contributed by atoms with van der Waals surface area (Å²) in [6.07, 6.45) is 25.7. The molecule has 0 aliphatic heterocycles. The third kappa shape index (κ3) is 37.7. The Morgan fingerprint density at radius 3 is 0.758 bits per heavy atom. The number of amides is 6. The summed E-state index contributed by atoms with van der Waals surface area (Å²) in [5.74, 6) is 3.73. The molecule has 0 saturated carbocycles. The highest BCUT2D eigenvalue weighted by molar-refractivity contribution is 5.95. The number of unbranched alkanes of at least 4 members (excludes halogenated alkanes) is 14. The predicted molar refractivity (Wildman–Crippen MR) is 386 cm³/mol. The minimum Gasteiger partial charge on any atom is -0.361 e. The van der Waals surface area contributed by atoms with Crippen molar-refractivity contribution < 1.29 is 55.9 Å². The summed E-state index contributed by atoms with van der Waals surface area (Å²) in [7, 11) is 7.83. The fourth-order valence-electron chi connectivity index (χ4n) is 9.17. The molecule has 0 bridgehead atoms. The summed E-state index contributed by atoms with van der Waals surface area (Å²) in [5.41, 5.74) is 4.94. The minimum absolute atomic E-state index is 0.119. The topological polar surface area (TPSA) is 337 Å². The lowest BCUT2D eigenvalue weighted by atomic mass is 10.1. The van der Waals surface area contributed by atoms with Gasteiger partial charge in [0.1, 0.15) is 34.6 Å². The molecule has 6 N–H and O–H groups in total. The van der Waals surface area contributed by atoms with Crippen molar-refractivity contribution in [1.82, 2.24) is 72.6 Å². The number of nitrogens with zero attached hydrogens (tertiary/aromatic N) is 8. The van der Waals surface area contributed by atoms with Crippen LogP contribution in [0.2, 0.25) is 0 Å². The first kappa shape index (κ1) is 89.0. The molecular weight excluding hydrogens is 1260 g/mol. The minimum atomic E-state index is -0.180. The maximum Gasteiger partial charge on any atom is 0.273 e. The average molecular weight is 1390 g/mol. The summed E-state index contributed by atoms with van der Waals surface area (Å²) >= 11 is 0. The third-order valence-corrected chi connectivity index (χ3v) is 15.5. The van der Waals surface area contributed by atoms with E-state index in [-0.39, 0.29) is 35.4 Å². The molecule has 0 saturated heterocycles. The second-order valence-corrected chi connectivity index (χ2v) is 24.5. The van der Waals surface area contributed by atoms with Gasteiger partial charge in [-0.15, -0.1) is 0 Å². The molecular formula is C73H124N14O12. The molecule has 26 nitrogen and oxygen atoms in total. The largest absolute Gasteiger partial charge is 0.361 e. The van der Waals surface area contributed by atoms with Crippen LogP contribution in [0.4, 0.5) is 0 Å². The molecule has 0 aliphatic carbocycles. The number of hydrogen-bond acceptors (Lipinski definition) is 20. The summed E-state index contributed by atoms with van der Waals surface area (Å²) in [5, 5.41) is 39.6. The molecule has 0 spiro atoms. The highest BCUT2D eigenvalue weighted by Gasteiger charge is 2.20. The first-order valence-electron chi connectivity index (χ1n) is 36.4. The molecule has 6 amide bonds. The van der Waals surface area contributed by atoms with Crippen LogP contribution >= 0.6 is 0 Å². The fourth-order valence-corrected chi connectivity index (χ4v) is 9.17. The molecule has 558 valence electrons. The van der Waals surface area contributed by atoms with Crippen LogP contribution in [0.3, 0.4) is 0 Å². The van der Waals surface area contributed by atoms with Crippen molar-refractivity contribution in [2.24, 2.45) is 0 Å². The Hall–Kier alpha value is -8.00. The molecule has 26 heteroatoms. The number of nitrogens with one attached hydrogen (secondary N) is 6. The molecule has 6 aromatic rings. The molecule has 6 heterocycles. The second kappa shape index (κ2) is 54.9. The molecule has 0 atom stereocenters. The number of rotatable bonds is 40. The third-order valence-electron chi connectivity index (χ3n) is 15.5. The number of aryl methyl sites for hydroxylation is 6. The number of hydrogen-bond donors (Lipinski definition) is 6. The Morgan fingerprint density at radius 1 is 0.303 bits per heavy atom. The monoisotopic (exact) mass is 1390 g/mol. The quantitative estimate of drug-likeness (QED) is 0.0195. The number of likely N-dealkylation sites (N-methyl/N-ethyl adjacent to an activating group) is 2. The number of carbonyl (C=O) groups is 6. The lowest BCUT2D eigenvalue weighted by Gasteiger charge is -2.09. The Bertz CT molecular complexity index is 3120. The van der Waals surface area contributed by atoms with Crippen LogP contribution in [-0.2, 0) is 38.5 Å². The van der Waals surface area contributed by atoms with E-state index in [4.69, 9.17) is 27.1 Å². The highest BCUT2D eigenvalue weighted by Crippen LogP contribution is 2.16. The van der Waals surface area contributed by atoms with Gasteiger partial charge in [0.25, 0.3) is 35.4 Å². The Balaban J connectivity index is 0.000000594. The van der Waals surface area contributed by atoms with Crippen LogP contribution in [0, 0.1) is 20.8 Å². The Morgan fingerprint density at radius 2 is 0.535 bits per heavy atom. The van der Waals surface area contributed by atoms with Gasteiger partial charge in [-0.05, 0) is 74.6 Å². The van der Waals surface area contributed by atoms with Crippen LogP contribution in [0.15, 0.2) is 45.3 Å². The lowest BCUT2D eigenvalue weighted by Crippen LogP contribution is -2.31. The van der Waals surface area contributed by atoms with Gasteiger partial charge in [0, 0.05) is 126 Å². The van der Waals surface area contributed by atoms with E-state index in [1.54, 1.807) is 18.2 Å². The van der Waals surface area contributed by atoms with Gasteiger partial charge in [-0.25, -0.2) is 0 Å². The van der Waals surface area contributed by atoms with E-state index in [9.17, 15) is 28.8 Å². The van der Waals surface area contributed by atoms with E-state index in [0.29, 0.717) is 60.3 Å². The van der Waals surface area contributed by atoms with Gasteiger partial charge >= 0.3 is 0 Å². The van der Waals surface area contributed by atoms with E-state index in [1.165, 1.54) is 77.0 Å². The maximum absolute atomic E-state index is 11.9. The molecule has 99 heavy (non-hydrogen) atoms. The van der Waals surface area contributed by atoms with Gasteiger partial charge in [0.05, 0.1) is 0 Å². The summed E-state index contributed by atoms with van der Waals surface area (Å²) in [6, 6.07) is 5.07. The normalized spacial score (nSPS) is 10.6. The standard InChI is InChI=1S/C14H24N2O2.2C13H22N2O2.C12H20N2O2.C11H19N3O2.C10H17N3O2/c1-4-6-7-8-9-10-15-14(17)13-11(3)12(5-2)18-16-13;1-4-6-7-8-9-14-13(16)12-10(3)11(5-2)17-15-12;1-3-5-6-7-8-9-14-13(16)12-10-11(4-2)17-15-12;1-3-5-6-7-8-13-12(15)11-9-10(4-2)16-14-11;1-5-9-8(2)10(13-16-9)11(15)12-6-7-14(3)4;1-4-8-7-9(12-15-8)10(14)11-5-6-13(2)3/h4-10H2,1-3H3,(H,15,17);4-9H2,1-3H3,(H,14,16);10H,3-9H2,1-2H3,(H,14,16);9H,3-8H2,1-2H3,(H,13,15);5-7H2,1-4H3,(H,12,15);7H,4-6H2,1-3H3,(H,11,14). The SMILES string of the molecule is CCCCCCCNC(=O)c1cc(CC)on1.CCCCCCCNC(=O)c1noc(CC)c1C.CCCCCCNC(=O)c1cc(CC)on1.CCCCCCNC(=O)c1noc(CC)c1C.CCc1cc(C(=O)NCCN(C)C)no1.CCc1onc(C(=O)NCCN(C)C)c1C. The first-order chi connectivity index (χ1) is 47.6. The Kier molecular flexibility index (Phi) is 49.3. The zero-order valence-corrected chi connectivity index (χ0v) is 63.3. The van der Waals surface area contributed by atoms with Crippen molar-refractivity contribution in [2.45, 2.75) is 244 Å². The molecule has 0 fully saturated rings. The van der Waals surface area contributed by atoms with Crippen LogP contribution < -0.4 is 31.9 Å². The number of aromatic nitrogens is 6. The van der Waals surface area contributed by atoms with Gasteiger partial charge in [0.15, 0.2) is 34.2 Å². The molecule has 0 radical (unpaired) electrons. The second-order valence-electron chi connectivity index (χ2n) is 24.5. The molecule has 0 aromatic carbocycles. The fraction of sp³-hybridized carbons (Fsp3) is 0.671. The summed E-state index contributed by atoms with van der Waals surface area (Å²) in [6.45, 7) is 31.9.